The van der Waals surface area contributed by atoms with E-state index in [2.05, 4.69) is 18.0 Å². The van der Waals surface area contributed by atoms with Gasteiger partial charge in [0.25, 0.3) is 0 Å². The van der Waals surface area contributed by atoms with Crippen LogP contribution in [0.1, 0.15) is 23.3 Å². The first-order valence-corrected chi connectivity index (χ1v) is 6.73. The summed E-state index contributed by atoms with van der Waals surface area (Å²) in [5.41, 5.74) is 1.79. The Kier molecular flexibility index (Phi) is 4.24. The van der Waals surface area contributed by atoms with Crippen molar-refractivity contribution < 1.29 is 0 Å². The number of nitriles is 1. The van der Waals surface area contributed by atoms with Crippen LogP contribution in [0, 0.1) is 11.3 Å². The maximum Gasteiger partial charge on any atom is 0.101 e. The molecular formula is C14H11ClN2S. The van der Waals surface area contributed by atoms with Gasteiger partial charge in [-0.05, 0) is 36.8 Å². The van der Waals surface area contributed by atoms with Crippen molar-refractivity contribution in [2.24, 2.45) is 0 Å². The van der Waals surface area contributed by atoms with Gasteiger partial charge in [0.05, 0.1) is 10.6 Å². The van der Waals surface area contributed by atoms with Gasteiger partial charge in [0, 0.05) is 16.5 Å². The van der Waals surface area contributed by atoms with E-state index in [4.69, 9.17) is 16.9 Å². The van der Waals surface area contributed by atoms with Gasteiger partial charge in [0.2, 0.25) is 0 Å². The fourth-order valence-corrected chi connectivity index (χ4v) is 2.54. The summed E-state index contributed by atoms with van der Waals surface area (Å²) < 4.78 is 0. The first kappa shape index (κ1) is 12.9. The smallest absolute Gasteiger partial charge is 0.101 e. The Labute approximate surface area is 116 Å². The number of rotatable bonds is 3. The van der Waals surface area contributed by atoms with Crippen LogP contribution in [-0.2, 0) is 0 Å². The zero-order chi connectivity index (χ0) is 13.0. The van der Waals surface area contributed by atoms with Crippen LogP contribution in [0.3, 0.4) is 0 Å². The second-order valence-electron chi connectivity index (χ2n) is 3.81. The minimum atomic E-state index is 0.294. The standard InChI is InChI=1S/C14H11ClN2S/c1-10(12-3-5-13(15)6-4-12)18-14-7-2-11(8-16)9-17-14/h2-7,9-10H,1H3. The number of benzene rings is 1. The molecule has 2 rings (SSSR count). The molecule has 1 unspecified atom stereocenters. The number of nitrogens with zero attached hydrogens (tertiary/aromatic N) is 2. The number of hydrogen-bond acceptors (Lipinski definition) is 3. The van der Waals surface area contributed by atoms with Gasteiger partial charge in [-0.3, -0.25) is 0 Å². The van der Waals surface area contributed by atoms with Gasteiger partial charge in [-0.15, -0.1) is 0 Å². The first-order chi connectivity index (χ1) is 8.69. The molecule has 4 heteroatoms. The highest BCUT2D eigenvalue weighted by Gasteiger charge is 2.08. The molecule has 1 atom stereocenters. The Hall–Kier alpha value is -1.50. The molecule has 0 saturated heterocycles. The minimum Gasteiger partial charge on any atom is -0.249 e. The molecule has 90 valence electrons. The average Bonchev–Trinajstić information content (AvgIpc) is 2.40. The summed E-state index contributed by atoms with van der Waals surface area (Å²) in [6, 6.07) is 13.5. The van der Waals surface area contributed by atoms with Crippen molar-refractivity contribution in [1.29, 1.82) is 5.26 Å². The number of halogens is 1. The Morgan fingerprint density at radius 2 is 1.94 bits per heavy atom. The van der Waals surface area contributed by atoms with E-state index in [0.29, 0.717) is 10.8 Å². The zero-order valence-corrected chi connectivity index (χ0v) is 11.4. The summed E-state index contributed by atoms with van der Waals surface area (Å²) in [4.78, 5) is 4.25. The van der Waals surface area contributed by atoms with Gasteiger partial charge < -0.3 is 0 Å². The predicted molar refractivity (Wildman–Crippen MR) is 74.7 cm³/mol. The van der Waals surface area contributed by atoms with E-state index >= 15 is 0 Å². The lowest BCUT2D eigenvalue weighted by Crippen LogP contribution is -1.89. The van der Waals surface area contributed by atoms with Gasteiger partial charge in [-0.2, -0.15) is 5.26 Å². The maximum atomic E-state index is 8.71. The number of hydrogen-bond donors (Lipinski definition) is 0. The molecule has 2 aromatic rings. The molecule has 0 amide bonds. The minimum absolute atomic E-state index is 0.294. The predicted octanol–water partition coefficient (Wildman–Crippen LogP) is 4.46. The van der Waals surface area contributed by atoms with E-state index < -0.39 is 0 Å². The Balaban J connectivity index is 2.08. The van der Waals surface area contributed by atoms with Gasteiger partial charge in [-0.1, -0.05) is 35.5 Å². The highest BCUT2D eigenvalue weighted by molar-refractivity contribution is 7.99. The summed E-state index contributed by atoms with van der Waals surface area (Å²) in [6.07, 6.45) is 1.59. The van der Waals surface area contributed by atoms with E-state index in [-0.39, 0.29) is 0 Å². The summed E-state index contributed by atoms with van der Waals surface area (Å²) in [6.45, 7) is 2.12. The highest BCUT2D eigenvalue weighted by Crippen LogP contribution is 2.33. The molecule has 0 aliphatic heterocycles. The lowest BCUT2D eigenvalue weighted by molar-refractivity contribution is 1.06. The fourth-order valence-electron chi connectivity index (χ4n) is 1.50. The molecule has 1 aromatic carbocycles. The third kappa shape index (κ3) is 3.25. The van der Waals surface area contributed by atoms with Crippen molar-refractivity contribution in [2.75, 3.05) is 0 Å². The van der Waals surface area contributed by atoms with Crippen LogP contribution in [0.2, 0.25) is 5.02 Å². The van der Waals surface area contributed by atoms with Crippen LogP contribution in [0.25, 0.3) is 0 Å². The molecule has 18 heavy (non-hydrogen) atoms. The van der Waals surface area contributed by atoms with Crippen molar-refractivity contribution >= 4 is 23.4 Å². The largest absolute Gasteiger partial charge is 0.249 e. The molecule has 2 nitrogen and oxygen atoms in total. The van der Waals surface area contributed by atoms with Crippen molar-refractivity contribution in [3.05, 3.63) is 58.7 Å². The lowest BCUT2D eigenvalue weighted by atomic mass is 10.2. The molecule has 1 heterocycles. The van der Waals surface area contributed by atoms with E-state index in [9.17, 15) is 0 Å². The summed E-state index contributed by atoms with van der Waals surface area (Å²) in [5, 5.41) is 10.7. The van der Waals surface area contributed by atoms with Crippen LogP contribution < -0.4 is 0 Å². The topological polar surface area (TPSA) is 36.7 Å². The number of thioether (sulfide) groups is 1. The molecule has 0 N–H and O–H groups in total. The fraction of sp³-hybridized carbons (Fsp3) is 0.143. The summed E-state index contributed by atoms with van der Waals surface area (Å²) in [7, 11) is 0. The second kappa shape index (κ2) is 5.90. The molecule has 0 aliphatic carbocycles. The molecule has 0 spiro atoms. The van der Waals surface area contributed by atoms with Crippen LogP contribution in [0.4, 0.5) is 0 Å². The van der Waals surface area contributed by atoms with Crippen LogP contribution in [0.5, 0.6) is 0 Å². The molecule has 0 radical (unpaired) electrons. The van der Waals surface area contributed by atoms with E-state index in [1.165, 1.54) is 5.56 Å². The number of pyridine rings is 1. The van der Waals surface area contributed by atoms with Crippen molar-refractivity contribution in [2.45, 2.75) is 17.2 Å². The molecule has 0 saturated carbocycles. The zero-order valence-electron chi connectivity index (χ0n) is 9.80. The van der Waals surface area contributed by atoms with E-state index in [1.807, 2.05) is 30.3 Å². The van der Waals surface area contributed by atoms with Crippen LogP contribution >= 0.6 is 23.4 Å². The van der Waals surface area contributed by atoms with Crippen molar-refractivity contribution in [3.8, 4) is 6.07 Å². The highest BCUT2D eigenvalue weighted by atomic mass is 35.5. The molecule has 0 aliphatic rings. The Morgan fingerprint density at radius 1 is 1.22 bits per heavy atom. The van der Waals surface area contributed by atoms with Gasteiger partial charge >= 0.3 is 0 Å². The molecule has 1 aromatic heterocycles. The monoisotopic (exact) mass is 274 g/mol. The van der Waals surface area contributed by atoms with Gasteiger partial charge in [0.15, 0.2) is 0 Å². The lowest BCUT2D eigenvalue weighted by Gasteiger charge is -2.10. The SMILES string of the molecule is CC(Sc1ccc(C#N)cn1)c1ccc(Cl)cc1. The Bertz CT molecular complexity index is 558. The summed E-state index contributed by atoms with van der Waals surface area (Å²) >= 11 is 7.52. The quantitative estimate of drug-likeness (QED) is 0.776. The van der Waals surface area contributed by atoms with Crippen LogP contribution in [-0.4, -0.2) is 4.98 Å². The van der Waals surface area contributed by atoms with Crippen molar-refractivity contribution in [3.63, 3.8) is 0 Å². The Morgan fingerprint density at radius 3 is 2.50 bits per heavy atom. The molecule has 0 bridgehead atoms. The van der Waals surface area contributed by atoms with Crippen molar-refractivity contribution in [1.82, 2.24) is 4.98 Å². The van der Waals surface area contributed by atoms with Gasteiger partial charge in [-0.25, -0.2) is 4.98 Å². The van der Waals surface area contributed by atoms with E-state index in [1.54, 1.807) is 24.0 Å². The second-order valence-corrected chi connectivity index (χ2v) is 5.61. The number of aromatic nitrogens is 1. The maximum absolute atomic E-state index is 8.71. The first-order valence-electron chi connectivity index (χ1n) is 5.47. The van der Waals surface area contributed by atoms with Crippen LogP contribution in [0.15, 0.2) is 47.6 Å². The average molecular weight is 275 g/mol. The van der Waals surface area contributed by atoms with Gasteiger partial charge in [0.1, 0.15) is 6.07 Å². The molecular weight excluding hydrogens is 264 g/mol. The third-order valence-electron chi connectivity index (χ3n) is 2.50. The normalized spacial score (nSPS) is 11.8. The third-order valence-corrected chi connectivity index (χ3v) is 3.86. The molecule has 0 fully saturated rings. The van der Waals surface area contributed by atoms with E-state index in [0.717, 1.165) is 10.0 Å². The summed E-state index contributed by atoms with van der Waals surface area (Å²) in [5.74, 6) is 0.